The van der Waals surface area contributed by atoms with Crippen molar-refractivity contribution >= 4 is 17.0 Å². The van der Waals surface area contributed by atoms with Gasteiger partial charge in [0, 0.05) is 20.3 Å². The van der Waals surface area contributed by atoms with Gasteiger partial charge < -0.3 is 15.0 Å². The lowest BCUT2D eigenvalue weighted by Gasteiger charge is -2.05. The molecule has 0 aliphatic carbocycles. The molecule has 16 heavy (non-hydrogen) atoms. The summed E-state index contributed by atoms with van der Waals surface area (Å²) < 4.78 is 19.9. The highest BCUT2D eigenvalue weighted by atomic mass is 19.1. The average molecular weight is 223 g/mol. The SMILES string of the molecule is COCCCn1c(N)nc2ccc(F)cc21. The highest BCUT2D eigenvalue weighted by Gasteiger charge is 2.08. The zero-order valence-corrected chi connectivity index (χ0v) is 9.11. The number of ether oxygens (including phenoxy) is 1. The van der Waals surface area contributed by atoms with Crippen molar-refractivity contribution in [2.24, 2.45) is 0 Å². The Balaban J connectivity index is 2.34. The molecule has 0 saturated carbocycles. The number of hydrogen-bond donors (Lipinski definition) is 1. The summed E-state index contributed by atoms with van der Waals surface area (Å²) in [5, 5.41) is 0. The summed E-state index contributed by atoms with van der Waals surface area (Å²) in [5.74, 6) is 0.136. The van der Waals surface area contributed by atoms with Gasteiger partial charge in [-0.15, -0.1) is 0 Å². The summed E-state index contributed by atoms with van der Waals surface area (Å²) in [6, 6.07) is 4.47. The smallest absolute Gasteiger partial charge is 0.201 e. The molecule has 0 amide bonds. The van der Waals surface area contributed by atoms with E-state index in [-0.39, 0.29) is 5.82 Å². The Labute approximate surface area is 92.8 Å². The summed E-state index contributed by atoms with van der Waals surface area (Å²) in [6.07, 6.45) is 0.822. The highest BCUT2D eigenvalue weighted by molar-refractivity contribution is 5.78. The van der Waals surface area contributed by atoms with E-state index in [1.54, 1.807) is 17.7 Å². The van der Waals surface area contributed by atoms with Crippen LogP contribution in [0.25, 0.3) is 11.0 Å². The van der Waals surface area contributed by atoms with E-state index in [2.05, 4.69) is 4.98 Å². The molecular formula is C11H14FN3O. The molecule has 4 nitrogen and oxygen atoms in total. The van der Waals surface area contributed by atoms with Crippen LogP contribution in [0.2, 0.25) is 0 Å². The summed E-state index contributed by atoms with van der Waals surface area (Å²) >= 11 is 0. The highest BCUT2D eigenvalue weighted by Crippen LogP contribution is 2.19. The van der Waals surface area contributed by atoms with E-state index >= 15 is 0 Å². The number of aryl methyl sites for hydroxylation is 1. The monoisotopic (exact) mass is 223 g/mol. The Morgan fingerprint density at radius 3 is 3.06 bits per heavy atom. The molecule has 0 radical (unpaired) electrons. The minimum absolute atomic E-state index is 0.277. The number of fused-ring (bicyclic) bond motifs is 1. The Kier molecular flexibility index (Phi) is 3.05. The first-order valence-electron chi connectivity index (χ1n) is 5.12. The first-order chi connectivity index (χ1) is 7.72. The summed E-state index contributed by atoms with van der Waals surface area (Å²) in [7, 11) is 1.65. The summed E-state index contributed by atoms with van der Waals surface area (Å²) in [4.78, 5) is 4.17. The number of rotatable bonds is 4. The fraction of sp³-hybridized carbons (Fsp3) is 0.364. The van der Waals surface area contributed by atoms with E-state index in [0.717, 1.165) is 17.5 Å². The Morgan fingerprint density at radius 2 is 2.31 bits per heavy atom. The first-order valence-corrected chi connectivity index (χ1v) is 5.12. The number of nitrogens with two attached hydrogens (primary N) is 1. The van der Waals surface area contributed by atoms with Crippen molar-refractivity contribution in [1.29, 1.82) is 0 Å². The molecular weight excluding hydrogens is 209 g/mol. The van der Waals surface area contributed by atoms with E-state index in [9.17, 15) is 4.39 Å². The van der Waals surface area contributed by atoms with Crippen molar-refractivity contribution in [1.82, 2.24) is 9.55 Å². The maximum atomic E-state index is 13.1. The molecule has 1 aromatic carbocycles. The van der Waals surface area contributed by atoms with Crippen LogP contribution in [-0.2, 0) is 11.3 Å². The number of halogens is 1. The van der Waals surface area contributed by atoms with Crippen molar-refractivity contribution in [2.45, 2.75) is 13.0 Å². The minimum Gasteiger partial charge on any atom is -0.385 e. The Bertz CT molecular complexity index is 495. The van der Waals surface area contributed by atoms with Gasteiger partial charge in [-0.25, -0.2) is 9.37 Å². The molecule has 1 aromatic heterocycles. The lowest BCUT2D eigenvalue weighted by Crippen LogP contribution is -2.05. The molecule has 0 aliphatic rings. The number of imidazole rings is 1. The van der Waals surface area contributed by atoms with Gasteiger partial charge in [-0.1, -0.05) is 0 Å². The largest absolute Gasteiger partial charge is 0.385 e. The van der Waals surface area contributed by atoms with Crippen molar-refractivity contribution < 1.29 is 9.13 Å². The van der Waals surface area contributed by atoms with Crippen LogP contribution in [0.3, 0.4) is 0 Å². The number of nitrogens with zero attached hydrogens (tertiary/aromatic N) is 2. The number of benzene rings is 1. The molecule has 2 aromatic rings. The first kappa shape index (κ1) is 10.9. The van der Waals surface area contributed by atoms with Crippen LogP contribution in [0.4, 0.5) is 10.3 Å². The predicted molar refractivity (Wildman–Crippen MR) is 60.6 cm³/mol. The van der Waals surface area contributed by atoms with Crippen molar-refractivity contribution in [2.75, 3.05) is 19.5 Å². The second kappa shape index (κ2) is 4.49. The number of hydrogen-bond acceptors (Lipinski definition) is 3. The molecule has 2 N–H and O–H groups in total. The fourth-order valence-corrected chi connectivity index (χ4v) is 1.72. The third kappa shape index (κ3) is 1.99. The van der Waals surface area contributed by atoms with E-state index in [1.807, 2.05) is 0 Å². The molecule has 86 valence electrons. The van der Waals surface area contributed by atoms with Gasteiger partial charge in [-0.2, -0.15) is 0 Å². The Hall–Kier alpha value is -1.62. The quantitative estimate of drug-likeness (QED) is 0.804. The zero-order chi connectivity index (χ0) is 11.5. The van der Waals surface area contributed by atoms with E-state index < -0.39 is 0 Å². The maximum absolute atomic E-state index is 13.1. The van der Waals surface area contributed by atoms with Crippen molar-refractivity contribution in [3.8, 4) is 0 Å². The normalized spacial score (nSPS) is 11.1. The van der Waals surface area contributed by atoms with E-state index in [0.29, 0.717) is 19.1 Å². The molecule has 0 unspecified atom stereocenters. The van der Waals surface area contributed by atoms with Crippen LogP contribution in [0.5, 0.6) is 0 Å². The van der Waals surface area contributed by atoms with Crippen LogP contribution in [-0.4, -0.2) is 23.3 Å². The zero-order valence-electron chi connectivity index (χ0n) is 9.11. The van der Waals surface area contributed by atoms with Gasteiger partial charge in [0.15, 0.2) is 0 Å². The number of anilines is 1. The second-order valence-corrected chi connectivity index (χ2v) is 3.60. The van der Waals surface area contributed by atoms with Gasteiger partial charge in [-0.05, 0) is 24.6 Å². The lowest BCUT2D eigenvalue weighted by molar-refractivity contribution is 0.191. The Morgan fingerprint density at radius 1 is 1.50 bits per heavy atom. The predicted octanol–water partition coefficient (Wildman–Crippen LogP) is 1.79. The molecule has 0 bridgehead atoms. The second-order valence-electron chi connectivity index (χ2n) is 3.60. The molecule has 0 aliphatic heterocycles. The van der Waals surface area contributed by atoms with Gasteiger partial charge >= 0.3 is 0 Å². The third-order valence-corrected chi connectivity index (χ3v) is 2.47. The third-order valence-electron chi connectivity index (χ3n) is 2.47. The maximum Gasteiger partial charge on any atom is 0.201 e. The van der Waals surface area contributed by atoms with Crippen molar-refractivity contribution in [3.05, 3.63) is 24.0 Å². The van der Waals surface area contributed by atoms with Gasteiger partial charge in [0.1, 0.15) is 5.82 Å². The summed E-state index contributed by atoms with van der Waals surface area (Å²) in [5.41, 5.74) is 7.22. The van der Waals surface area contributed by atoms with E-state index in [4.69, 9.17) is 10.5 Å². The molecule has 1 heterocycles. The van der Waals surface area contributed by atoms with E-state index in [1.165, 1.54) is 12.1 Å². The van der Waals surface area contributed by atoms with Crippen LogP contribution < -0.4 is 5.73 Å². The van der Waals surface area contributed by atoms with Crippen LogP contribution in [0.15, 0.2) is 18.2 Å². The molecule has 0 saturated heterocycles. The average Bonchev–Trinajstić information content (AvgIpc) is 2.56. The molecule has 2 rings (SSSR count). The van der Waals surface area contributed by atoms with Crippen LogP contribution >= 0.6 is 0 Å². The standard InChI is InChI=1S/C11H14FN3O/c1-16-6-2-5-15-10-7-8(12)3-4-9(10)14-11(15)13/h3-4,7H,2,5-6H2,1H3,(H2,13,14). The number of aromatic nitrogens is 2. The number of nitrogen functional groups attached to an aromatic ring is 1. The molecule has 5 heteroatoms. The van der Waals surface area contributed by atoms with Gasteiger partial charge in [0.05, 0.1) is 11.0 Å². The molecule has 0 atom stereocenters. The van der Waals surface area contributed by atoms with Gasteiger partial charge in [-0.3, -0.25) is 0 Å². The molecule has 0 fully saturated rings. The van der Waals surface area contributed by atoms with Gasteiger partial charge in [0.2, 0.25) is 5.95 Å². The minimum atomic E-state index is -0.277. The topological polar surface area (TPSA) is 53.1 Å². The van der Waals surface area contributed by atoms with Crippen molar-refractivity contribution in [3.63, 3.8) is 0 Å². The summed E-state index contributed by atoms with van der Waals surface area (Å²) in [6.45, 7) is 1.33. The molecule has 0 spiro atoms. The van der Waals surface area contributed by atoms with Gasteiger partial charge in [0.25, 0.3) is 0 Å². The lowest BCUT2D eigenvalue weighted by atomic mass is 10.3. The fourth-order valence-electron chi connectivity index (χ4n) is 1.72. The number of methoxy groups -OCH3 is 1. The van der Waals surface area contributed by atoms with Crippen LogP contribution in [0.1, 0.15) is 6.42 Å². The van der Waals surface area contributed by atoms with Crippen LogP contribution in [0, 0.1) is 5.82 Å².